The fourth-order valence-electron chi connectivity index (χ4n) is 3.12. The molecule has 1 aromatic carbocycles. The van der Waals surface area contributed by atoms with Crippen LogP contribution < -0.4 is 0 Å². The van der Waals surface area contributed by atoms with Gasteiger partial charge in [0.2, 0.25) is 10.0 Å². The van der Waals surface area contributed by atoms with Crippen molar-refractivity contribution in [3.8, 4) is 0 Å². The number of sulfonamides is 1. The molecular weight excluding hydrogens is 399 g/mol. The average molecular weight is 431 g/mol. The molecule has 1 amide bonds. The van der Waals surface area contributed by atoms with E-state index in [1.807, 2.05) is 27.7 Å². The number of carbonyl (C=O) groups excluding carboxylic acids is 2. The molecule has 1 rings (SSSR count). The number of rotatable bonds is 9. The van der Waals surface area contributed by atoms with Crippen LogP contribution in [0.5, 0.6) is 0 Å². The highest BCUT2D eigenvalue weighted by atomic mass is 32.2. The van der Waals surface area contributed by atoms with Crippen molar-refractivity contribution in [2.24, 2.45) is 0 Å². The lowest BCUT2D eigenvalue weighted by Crippen LogP contribution is -2.47. The lowest BCUT2D eigenvalue weighted by molar-refractivity contribution is -0.143. The van der Waals surface area contributed by atoms with Crippen molar-refractivity contribution < 1.29 is 27.1 Å². The van der Waals surface area contributed by atoms with Gasteiger partial charge in [0, 0.05) is 25.2 Å². The molecule has 1 aromatic rings. The first kappa shape index (κ1) is 25.0. The van der Waals surface area contributed by atoms with Gasteiger partial charge in [0.25, 0.3) is 5.91 Å². The van der Waals surface area contributed by atoms with E-state index in [1.165, 1.54) is 11.2 Å². The topological polar surface area (TPSA) is 84.0 Å². The van der Waals surface area contributed by atoms with E-state index in [2.05, 4.69) is 0 Å². The molecule has 0 saturated carbocycles. The van der Waals surface area contributed by atoms with Crippen molar-refractivity contribution >= 4 is 21.9 Å². The van der Waals surface area contributed by atoms with E-state index in [9.17, 15) is 22.4 Å². The minimum Gasteiger partial charge on any atom is -0.449 e. The Kier molecular flexibility index (Phi) is 8.77. The minimum atomic E-state index is -3.87. The third kappa shape index (κ3) is 5.76. The Hall–Kier alpha value is -2.00. The maximum Gasteiger partial charge on any atom is 0.341 e. The maximum atomic E-state index is 14.2. The standard InChI is InChI=1S/C20H31FN2O5S/c1-8-22(9-2)29(26,27)16-10-11-18(21)17(12-16)20(25)28-15(7)19(24)23(13(3)4)14(5)6/h10-15H,8-9H2,1-7H3/t15-/m0/s1. The summed E-state index contributed by atoms with van der Waals surface area (Å²) in [5.74, 6) is -2.42. The predicted octanol–water partition coefficient (Wildman–Crippen LogP) is 3.05. The Labute approximate surface area is 172 Å². The third-order valence-electron chi connectivity index (χ3n) is 4.50. The summed E-state index contributed by atoms with van der Waals surface area (Å²) in [6.45, 7) is 12.6. The van der Waals surface area contributed by atoms with Gasteiger partial charge in [0.1, 0.15) is 5.82 Å². The second-order valence-electron chi connectivity index (χ2n) is 7.21. The van der Waals surface area contributed by atoms with Crippen LogP contribution in [0.15, 0.2) is 23.1 Å². The number of hydrogen-bond donors (Lipinski definition) is 0. The first-order chi connectivity index (χ1) is 13.4. The van der Waals surface area contributed by atoms with Gasteiger partial charge in [0.05, 0.1) is 10.5 Å². The molecule has 164 valence electrons. The molecule has 0 unspecified atom stereocenters. The molecule has 9 heteroatoms. The Morgan fingerprint density at radius 1 is 1.03 bits per heavy atom. The predicted molar refractivity (Wildman–Crippen MR) is 109 cm³/mol. The summed E-state index contributed by atoms with van der Waals surface area (Å²) < 4.78 is 45.9. The first-order valence-electron chi connectivity index (χ1n) is 9.71. The van der Waals surface area contributed by atoms with E-state index in [0.29, 0.717) is 0 Å². The zero-order chi connectivity index (χ0) is 22.5. The van der Waals surface area contributed by atoms with E-state index >= 15 is 0 Å². The van der Waals surface area contributed by atoms with Crippen molar-refractivity contribution in [3.05, 3.63) is 29.6 Å². The third-order valence-corrected chi connectivity index (χ3v) is 6.55. The Bertz CT molecular complexity index is 827. The second-order valence-corrected chi connectivity index (χ2v) is 9.15. The molecule has 0 spiro atoms. The fourth-order valence-corrected chi connectivity index (χ4v) is 4.61. The summed E-state index contributed by atoms with van der Waals surface area (Å²) >= 11 is 0. The van der Waals surface area contributed by atoms with Crippen LogP contribution in [0.1, 0.15) is 58.8 Å². The Morgan fingerprint density at radius 3 is 2.00 bits per heavy atom. The number of benzene rings is 1. The van der Waals surface area contributed by atoms with Gasteiger partial charge in [-0.15, -0.1) is 0 Å². The van der Waals surface area contributed by atoms with Crippen molar-refractivity contribution in [3.63, 3.8) is 0 Å². The normalized spacial score (nSPS) is 13.1. The zero-order valence-corrected chi connectivity index (χ0v) is 18.9. The molecule has 0 saturated heterocycles. The van der Waals surface area contributed by atoms with Crippen molar-refractivity contribution in [2.45, 2.75) is 71.5 Å². The van der Waals surface area contributed by atoms with E-state index in [1.54, 1.807) is 18.7 Å². The number of hydrogen-bond acceptors (Lipinski definition) is 5. The van der Waals surface area contributed by atoms with E-state index < -0.39 is 39.4 Å². The summed E-state index contributed by atoms with van der Waals surface area (Å²) in [6.07, 6.45) is -1.14. The van der Waals surface area contributed by atoms with Gasteiger partial charge in [-0.05, 0) is 52.8 Å². The highest BCUT2D eigenvalue weighted by Crippen LogP contribution is 2.21. The lowest BCUT2D eigenvalue weighted by Gasteiger charge is -2.32. The molecule has 0 fully saturated rings. The number of esters is 1. The Morgan fingerprint density at radius 2 is 1.55 bits per heavy atom. The highest BCUT2D eigenvalue weighted by Gasteiger charge is 2.30. The van der Waals surface area contributed by atoms with Gasteiger partial charge >= 0.3 is 5.97 Å². The van der Waals surface area contributed by atoms with Crippen LogP contribution >= 0.6 is 0 Å². The van der Waals surface area contributed by atoms with Gasteiger partial charge in [-0.1, -0.05) is 13.8 Å². The number of nitrogens with zero attached hydrogens (tertiary/aromatic N) is 2. The van der Waals surface area contributed by atoms with Crippen LogP contribution in [0.2, 0.25) is 0 Å². The molecule has 7 nitrogen and oxygen atoms in total. The fraction of sp³-hybridized carbons (Fsp3) is 0.600. The molecule has 0 aliphatic rings. The zero-order valence-electron chi connectivity index (χ0n) is 18.1. The van der Waals surface area contributed by atoms with Crippen LogP contribution in [-0.2, 0) is 19.6 Å². The van der Waals surface area contributed by atoms with Gasteiger partial charge in [-0.2, -0.15) is 4.31 Å². The van der Waals surface area contributed by atoms with Gasteiger partial charge in [-0.3, -0.25) is 4.79 Å². The summed E-state index contributed by atoms with van der Waals surface area (Å²) in [5, 5.41) is 0. The summed E-state index contributed by atoms with van der Waals surface area (Å²) in [6, 6.07) is 2.75. The molecule has 0 N–H and O–H groups in total. The van der Waals surface area contributed by atoms with Crippen molar-refractivity contribution in [1.29, 1.82) is 0 Å². The SMILES string of the molecule is CCN(CC)S(=O)(=O)c1ccc(F)c(C(=O)O[C@@H](C)C(=O)N(C(C)C)C(C)C)c1. The number of ether oxygens (including phenoxy) is 1. The molecule has 29 heavy (non-hydrogen) atoms. The molecule has 0 aliphatic heterocycles. The first-order valence-corrected chi connectivity index (χ1v) is 11.1. The number of halogens is 1. The number of carbonyl (C=O) groups is 2. The summed E-state index contributed by atoms with van der Waals surface area (Å²) in [5.41, 5.74) is -0.529. The molecule has 0 radical (unpaired) electrons. The highest BCUT2D eigenvalue weighted by molar-refractivity contribution is 7.89. The van der Waals surface area contributed by atoms with Crippen LogP contribution in [-0.4, -0.2) is 60.8 Å². The maximum absolute atomic E-state index is 14.2. The largest absolute Gasteiger partial charge is 0.449 e. The number of amides is 1. The van der Waals surface area contributed by atoms with Crippen molar-refractivity contribution in [2.75, 3.05) is 13.1 Å². The molecule has 0 bridgehead atoms. The van der Waals surface area contributed by atoms with E-state index in [-0.39, 0.29) is 30.1 Å². The van der Waals surface area contributed by atoms with Crippen LogP contribution in [0.4, 0.5) is 4.39 Å². The molecule has 0 aromatic heterocycles. The average Bonchev–Trinajstić information content (AvgIpc) is 2.61. The van der Waals surface area contributed by atoms with Gasteiger partial charge < -0.3 is 9.64 Å². The molecule has 0 aliphatic carbocycles. The minimum absolute atomic E-state index is 0.108. The second kappa shape index (κ2) is 10.2. The smallest absolute Gasteiger partial charge is 0.341 e. The van der Waals surface area contributed by atoms with Crippen molar-refractivity contribution in [1.82, 2.24) is 9.21 Å². The summed E-state index contributed by atoms with van der Waals surface area (Å²) in [7, 11) is -3.87. The summed E-state index contributed by atoms with van der Waals surface area (Å²) in [4.78, 5) is 26.5. The van der Waals surface area contributed by atoms with E-state index in [4.69, 9.17) is 4.74 Å². The van der Waals surface area contributed by atoms with Gasteiger partial charge in [0.15, 0.2) is 6.10 Å². The van der Waals surface area contributed by atoms with Gasteiger partial charge in [-0.25, -0.2) is 17.6 Å². The molecule has 1 atom stereocenters. The monoisotopic (exact) mass is 430 g/mol. The quantitative estimate of drug-likeness (QED) is 0.562. The van der Waals surface area contributed by atoms with Crippen LogP contribution in [0.25, 0.3) is 0 Å². The lowest BCUT2D eigenvalue weighted by atomic mass is 10.2. The Balaban J connectivity index is 3.16. The molecular formula is C20H31FN2O5S. The van der Waals surface area contributed by atoms with Crippen LogP contribution in [0.3, 0.4) is 0 Å². The molecule has 0 heterocycles. The van der Waals surface area contributed by atoms with Crippen LogP contribution in [0, 0.1) is 5.82 Å². The van der Waals surface area contributed by atoms with E-state index in [0.717, 1.165) is 18.2 Å².